The average Bonchev–Trinajstić information content (AvgIpc) is 2.93. The van der Waals surface area contributed by atoms with Crippen molar-refractivity contribution in [1.29, 1.82) is 0 Å². The van der Waals surface area contributed by atoms with Gasteiger partial charge in [0.1, 0.15) is 5.76 Å². The van der Waals surface area contributed by atoms with E-state index in [1.165, 1.54) is 44.9 Å². The molecular weight excluding hydrogens is 234 g/mol. The van der Waals surface area contributed by atoms with Crippen molar-refractivity contribution >= 4 is 0 Å². The molecule has 1 rings (SSSR count). The van der Waals surface area contributed by atoms with Gasteiger partial charge in [0.25, 0.3) is 0 Å². The van der Waals surface area contributed by atoms with E-state index in [-0.39, 0.29) is 0 Å². The molecule has 1 heterocycles. The summed E-state index contributed by atoms with van der Waals surface area (Å²) in [7, 11) is 0. The summed E-state index contributed by atoms with van der Waals surface area (Å²) in [5.41, 5.74) is 0. The smallest absolute Gasteiger partial charge is 0.103 e. The van der Waals surface area contributed by atoms with Crippen molar-refractivity contribution in [3.63, 3.8) is 0 Å². The minimum Gasteiger partial charge on any atom is -0.469 e. The third-order valence-electron chi connectivity index (χ3n) is 3.68. The molecule has 110 valence electrons. The molecule has 0 aliphatic rings. The van der Waals surface area contributed by atoms with Crippen LogP contribution in [0, 0.1) is 0 Å². The molecule has 0 radical (unpaired) electrons. The van der Waals surface area contributed by atoms with Gasteiger partial charge >= 0.3 is 0 Å². The lowest BCUT2D eigenvalue weighted by Gasteiger charge is -2.12. The van der Waals surface area contributed by atoms with Crippen LogP contribution in [0.5, 0.6) is 0 Å². The normalized spacial score (nSPS) is 12.7. The van der Waals surface area contributed by atoms with Gasteiger partial charge in [0.2, 0.25) is 0 Å². The van der Waals surface area contributed by atoms with E-state index in [4.69, 9.17) is 4.42 Å². The summed E-state index contributed by atoms with van der Waals surface area (Å²) in [6.45, 7) is 5.70. The molecule has 1 unspecified atom stereocenters. The molecule has 19 heavy (non-hydrogen) atoms. The Bertz CT molecular complexity index is 281. The van der Waals surface area contributed by atoms with Crippen molar-refractivity contribution in [2.45, 2.75) is 77.7 Å². The van der Waals surface area contributed by atoms with Gasteiger partial charge in [-0.2, -0.15) is 0 Å². The lowest BCUT2D eigenvalue weighted by molar-refractivity contribution is 0.453. The van der Waals surface area contributed by atoms with Crippen molar-refractivity contribution in [2.24, 2.45) is 0 Å². The number of unbranched alkanes of at least 4 members (excludes halogenated alkanes) is 6. The number of hydrogen-bond donors (Lipinski definition) is 1. The maximum absolute atomic E-state index is 5.35. The Hall–Kier alpha value is -0.760. The fourth-order valence-corrected chi connectivity index (χ4v) is 2.35. The summed E-state index contributed by atoms with van der Waals surface area (Å²) in [5, 5.41) is 3.61. The Labute approximate surface area is 119 Å². The second-order valence-electron chi connectivity index (χ2n) is 5.59. The molecule has 1 atom stereocenters. The van der Waals surface area contributed by atoms with E-state index in [2.05, 4.69) is 25.2 Å². The predicted molar refractivity (Wildman–Crippen MR) is 82.5 cm³/mol. The zero-order chi connectivity index (χ0) is 13.8. The second-order valence-corrected chi connectivity index (χ2v) is 5.59. The minimum absolute atomic E-state index is 0.588. The Morgan fingerprint density at radius 2 is 1.84 bits per heavy atom. The molecule has 0 spiro atoms. The van der Waals surface area contributed by atoms with Gasteiger partial charge in [0.15, 0.2) is 0 Å². The summed E-state index contributed by atoms with van der Waals surface area (Å²) in [5.74, 6) is 1.10. The number of nitrogens with one attached hydrogen (secondary N) is 1. The van der Waals surface area contributed by atoms with Crippen LogP contribution < -0.4 is 5.32 Å². The maximum Gasteiger partial charge on any atom is 0.103 e. The van der Waals surface area contributed by atoms with Crippen molar-refractivity contribution in [2.75, 3.05) is 6.54 Å². The van der Waals surface area contributed by atoms with Gasteiger partial charge in [-0.05, 0) is 38.4 Å². The van der Waals surface area contributed by atoms with Gasteiger partial charge in [-0.3, -0.25) is 0 Å². The van der Waals surface area contributed by atoms with E-state index < -0.39 is 0 Å². The molecule has 0 bridgehead atoms. The Morgan fingerprint density at radius 3 is 2.53 bits per heavy atom. The van der Waals surface area contributed by atoms with E-state index in [9.17, 15) is 0 Å². The second kappa shape index (κ2) is 11.1. The first-order valence-corrected chi connectivity index (χ1v) is 8.08. The summed E-state index contributed by atoms with van der Waals surface area (Å²) < 4.78 is 5.35. The minimum atomic E-state index is 0.588. The van der Waals surface area contributed by atoms with E-state index in [1.54, 1.807) is 6.26 Å². The highest BCUT2D eigenvalue weighted by molar-refractivity contribution is 4.98. The van der Waals surface area contributed by atoms with Crippen LogP contribution in [0.25, 0.3) is 0 Å². The van der Waals surface area contributed by atoms with Crippen LogP contribution in [0.15, 0.2) is 22.8 Å². The van der Waals surface area contributed by atoms with E-state index >= 15 is 0 Å². The van der Waals surface area contributed by atoms with Crippen molar-refractivity contribution in [1.82, 2.24) is 5.32 Å². The lowest BCUT2D eigenvalue weighted by Crippen LogP contribution is -2.27. The van der Waals surface area contributed by atoms with Crippen molar-refractivity contribution in [3.8, 4) is 0 Å². The molecule has 1 aromatic rings. The van der Waals surface area contributed by atoms with Crippen LogP contribution in [-0.4, -0.2) is 12.6 Å². The first-order valence-electron chi connectivity index (χ1n) is 8.08. The zero-order valence-corrected chi connectivity index (χ0v) is 12.8. The largest absolute Gasteiger partial charge is 0.469 e. The molecule has 0 saturated heterocycles. The SMILES string of the molecule is CCCCCCCCCNC(C)CCc1ccco1. The third kappa shape index (κ3) is 8.88. The molecule has 1 N–H and O–H groups in total. The number of furan rings is 1. The molecule has 0 aromatic carbocycles. The van der Waals surface area contributed by atoms with E-state index in [1.807, 2.05) is 6.07 Å². The molecule has 0 fully saturated rings. The van der Waals surface area contributed by atoms with Gasteiger partial charge in [-0.1, -0.05) is 45.4 Å². The van der Waals surface area contributed by atoms with Gasteiger partial charge in [-0.15, -0.1) is 0 Å². The first kappa shape index (κ1) is 16.3. The summed E-state index contributed by atoms with van der Waals surface area (Å²) in [6, 6.07) is 4.61. The molecule has 2 nitrogen and oxygen atoms in total. The summed E-state index contributed by atoms with van der Waals surface area (Å²) >= 11 is 0. The molecule has 0 aliphatic heterocycles. The maximum atomic E-state index is 5.35. The quantitative estimate of drug-likeness (QED) is 0.541. The fourth-order valence-electron chi connectivity index (χ4n) is 2.35. The van der Waals surface area contributed by atoms with Crippen LogP contribution in [0.1, 0.15) is 71.0 Å². The highest BCUT2D eigenvalue weighted by Gasteiger charge is 2.03. The zero-order valence-electron chi connectivity index (χ0n) is 12.8. The van der Waals surface area contributed by atoms with Gasteiger partial charge in [0, 0.05) is 12.5 Å². The standard InChI is InChI=1S/C17H31NO/c1-3-4-5-6-7-8-9-14-18-16(2)12-13-17-11-10-15-19-17/h10-11,15-16,18H,3-9,12-14H2,1-2H3. The van der Waals surface area contributed by atoms with Crippen molar-refractivity contribution < 1.29 is 4.42 Å². The van der Waals surface area contributed by atoms with Crippen LogP contribution in [-0.2, 0) is 6.42 Å². The highest BCUT2D eigenvalue weighted by atomic mass is 16.3. The van der Waals surface area contributed by atoms with Crippen LogP contribution in [0.3, 0.4) is 0 Å². The van der Waals surface area contributed by atoms with Crippen LogP contribution in [0.2, 0.25) is 0 Å². The van der Waals surface area contributed by atoms with Crippen LogP contribution >= 0.6 is 0 Å². The van der Waals surface area contributed by atoms with Gasteiger partial charge < -0.3 is 9.73 Å². The fraction of sp³-hybridized carbons (Fsp3) is 0.765. The van der Waals surface area contributed by atoms with Crippen molar-refractivity contribution in [3.05, 3.63) is 24.2 Å². The first-order chi connectivity index (χ1) is 9.33. The molecule has 0 saturated carbocycles. The monoisotopic (exact) mass is 265 g/mol. The van der Waals surface area contributed by atoms with E-state index in [0.29, 0.717) is 6.04 Å². The average molecular weight is 265 g/mol. The summed E-state index contributed by atoms with van der Waals surface area (Å²) in [6.07, 6.45) is 13.6. The van der Waals surface area contributed by atoms with E-state index in [0.717, 1.165) is 25.1 Å². The number of aryl methyl sites for hydroxylation is 1. The molecule has 0 aliphatic carbocycles. The molecule has 2 heteroatoms. The van der Waals surface area contributed by atoms with Gasteiger partial charge in [0.05, 0.1) is 6.26 Å². The molecular formula is C17H31NO. The van der Waals surface area contributed by atoms with Gasteiger partial charge in [-0.25, -0.2) is 0 Å². The summed E-state index contributed by atoms with van der Waals surface area (Å²) in [4.78, 5) is 0. The molecule has 0 amide bonds. The topological polar surface area (TPSA) is 25.2 Å². The Balaban J connectivity index is 1.86. The number of hydrogen-bond acceptors (Lipinski definition) is 2. The highest BCUT2D eigenvalue weighted by Crippen LogP contribution is 2.07. The number of rotatable bonds is 12. The van der Waals surface area contributed by atoms with Crippen LogP contribution in [0.4, 0.5) is 0 Å². The molecule has 1 aromatic heterocycles. The Kier molecular flexibility index (Phi) is 9.52. The lowest BCUT2D eigenvalue weighted by atomic mass is 10.1. The Morgan fingerprint density at radius 1 is 1.11 bits per heavy atom. The third-order valence-corrected chi connectivity index (χ3v) is 3.68. The predicted octanol–water partition coefficient (Wildman–Crippen LogP) is 4.94.